The average molecular weight is 535 g/mol. The number of sulfonamides is 1. The molecule has 36 heavy (non-hydrogen) atoms. The number of hydrogen-bond acceptors (Lipinski definition) is 9. The minimum Gasteiger partial charge on any atom is -0.497 e. The van der Waals surface area contributed by atoms with Crippen molar-refractivity contribution in [1.29, 1.82) is 0 Å². The van der Waals surface area contributed by atoms with Crippen LogP contribution in [0.5, 0.6) is 11.5 Å². The molecule has 0 saturated carbocycles. The average Bonchev–Trinajstić information content (AvgIpc) is 3.30. The first kappa shape index (κ1) is 25.7. The van der Waals surface area contributed by atoms with Gasteiger partial charge < -0.3 is 19.1 Å². The molecule has 0 aliphatic carbocycles. The summed E-state index contributed by atoms with van der Waals surface area (Å²) in [4.78, 5) is 30.6. The van der Waals surface area contributed by atoms with Crippen LogP contribution in [0.4, 0.5) is 9.93 Å². The van der Waals surface area contributed by atoms with Crippen molar-refractivity contribution in [3.8, 4) is 11.5 Å². The molecule has 0 spiro atoms. The Bertz CT molecular complexity index is 1370. The van der Waals surface area contributed by atoms with Gasteiger partial charge >= 0.3 is 6.09 Å². The maximum atomic E-state index is 13.0. The molecule has 1 fully saturated rings. The lowest BCUT2D eigenvalue weighted by atomic mass is 10.2. The van der Waals surface area contributed by atoms with Gasteiger partial charge in [0.2, 0.25) is 10.0 Å². The highest BCUT2D eigenvalue weighted by Crippen LogP contribution is 2.36. The molecule has 1 aromatic heterocycles. The predicted molar refractivity (Wildman–Crippen MR) is 134 cm³/mol. The predicted octanol–water partition coefficient (Wildman–Crippen LogP) is 3.03. The van der Waals surface area contributed by atoms with E-state index in [-0.39, 0.29) is 43.2 Å². The molecular weight excluding hydrogens is 508 g/mol. The summed E-state index contributed by atoms with van der Waals surface area (Å²) >= 11 is 1.27. The van der Waals surface area contributed by atoms with E-state index in [1.54, 1.807) is 26.2 Å². The van der Waals surface area contributed by atoms with Crippen molar-refractivity contribution in [3.63, 3.8) is 0 Å². The van der Waals surface area contributed by atoms with Crippen LogP contribution in [0.25, 0.3) is 10.2 Å². The second kappa shape index (κ2) is 10.7. The molecule has 2 aromatic carbocycles. The van der Waals surface area contributed by atoms with E-state index < -0.39 is 22.0 Å². The van der Waals surface area contributed by atoms with Crippen LogP contribution in [0.3, 0.4) is 0 Å². The summed E-state index contributed by atoms with van der Waals surface area (Å²) < 4.78 is 43.8. The molecule has 1 saturated heterocycles. The van der Waals surface area contributed by atoms with Gasteiger partial charge in [-0.25, -0.2) is 18.2 Å². The smallest absolute Gasteiger partial charge is 0.409 e. The number of piperazine rings is 1. The number of benzene rings is 2. The molecule has 13 heteroatoms. The van der Waals surface area contributed by atoms with Crippen LogP contribution in [0.2, 0.25) is 0 Å². The van der Waals surface area contributed by atoms with Crippen LogP contribution in [-0.2, 0) is 14.8 Å². The second-order valence-electron chi connectivity index (χ2n) is 7.76. The van der Waals surface area contributed by atoms with E-state index in [0.29, 0.717) is 22.1 Å². The topological polar surface area (TPSA) is 127 Å². The summed E-state index contributed by atoms with van der Waals surface area (Å²) in [5.74, 6) is 0.714. The number of nitrogens with zero attached hydrogens (tertiary/aromatic N) is 3. The zero-order chi connectivity index (χ0) is 25.9. The third-order valence-corrected chi connectivity index (χ3v) is 8.46. The molecule has 4 rings (SSSR count). The molecule has 3 aromatic rings. The lowest BCUT2D eigenvalue weighted by Gasteiger charge is -2.33. The van der Waals surface area contributed by atoms with E-state index in [4.69, 9.17) is 14.2 Å². The van der Waals surface area contributed by atoms with Crippen LogP contribution in [0, 0.1) is 0 Å². The number of anilines is 1. The van der Waals surface area contributed by atoms with Gasteiger partial charge in [0.25, 0.3) is 5.91 Å². The van der Waals surface area contributed by atoms with Crippen molar-refractivity contribution in [2.45, 2.75) is 11.8 Å². The third kappa shape index (κ3) is 5.22. The summed E-state index contributed by atoms with van der Waals surface area (Å²) in [5.41, 5.74) is 0.882. The molecule has 0 radical (unpaired) electrons. The van der Waals surface area contributed by atoms with Gasteiger partial charge in [0.05, 0.1) is 30.4 Å². The molecule has 2 heterocycles. The molecule has 1 aliphatic heterocycles. The monoisotopic (exact) mass is 534 g/mol. The quantitative estimate of drug-likeness (QED) is 0.490. The summed E-state index contributed by atoms with van der Waals surface area (Å²) in [6.45, 7) is 2.80. The number of carbonyl (C=O) groups is 2. The molecule has 0 atom stereocenters. The fourth-order valence-electron chi connectivity index (χ4n) is 3.72. The Hall–Kier alpha value is -3.42. The zero-order valence-electron chi connectivity index (χ0n) is 20.0. The Morgan fingerprint density at radius 1 is 1.06 bits per heavy atom. The number of aromatic nitrogens is 1. The largest absolute Gasteiger partial charge is 0.497 e. The minimum atomic E-state index is -3.77. The molecular formula is C23H26N4O7S2. The number of carbonyl (C=O) groups excluding carboxylic acids is 2. The lowest BCUT2D eigenvalue weighted by molar-refractivity contribution is 0.0933. The summed E-state index contributed by atoms with van der Waals surface area (Å²) in [6.07, 6.45) is -0.448. The SMILES string of the molecule is CCOC(=O)N1CCN(S(=O)(=O)c2ccc(C(=O)Nc3nc4c(OC)cc(OC)cc4s3)cc2)CC1. The van der Waals surface area contributed by atoms with Gasteiger partial charge in [-0.1, -0.05) is 11.3 Å². The van der Waals surface area contributed by atoms with E-state index in [1.165, 1.54) is 51.9 Å². The Morgan fingerprint density at radius 3 is 2.36 bits per heavy atom. The summed E-state index contributed by atoms with van der Waals surface area (Å²) in [5, 5.41) is 3.12. The zero-order valence-corrected chi connectivity index (χ0v) is 21.6. The number of methoxy groups -OCH3 is 2. The van der Waals surface area contributed by atoms with Crippen LogP contribution in [0.15, 0.2) is 41.3 Å². The van der Waals surface area contributed by atoms with Crippen molar-refractivity contribution in [2.24, 2.45) is 0 Å². The van der Waals surface area contributed by atoms with Crippen molar-refractivity contribution in [3.05, 3.63) is 42.0 Å². The highest BCUT2D eigenvalue weighted by Gasteiger charge is 2.30. The van der Waals surface area contributed by atoms with Gasteiger partial charge in [-0.2, -0.15) is 4.31 Å². The van der Waals surface area contributed by atoms with Gasteiger partial charge in [0.1, 0.15) is 17.0 Å². The number of fused-ring (bicyclic) bond motifs is 1. The fourth-order valence-corrected chi connectivity index (χ4v) is 6.05. The van der Waals surface area contributed by atoms with Gasteiger partial charge in [-0.15, -0.1) is 0 Å². The van der Waals surface area contributed by atoms with Crippen LogP contribution < -0.4 is 14.8 Å². The first-order chi connectivity index (χ1) is 17.3. The number of amides is 2. The Morgan fingerprint density at radius 2 is 1.75 bits per heavy atom. The normalized spacial score (nSPS) is 14.5. The third-order valence-electron chi connectivity index (χ3n) is 5.63. The maximum Gasteiger partial charge on any atom is 0.409 e. The van der Waals surface area contributed by atoms with E-state index >= 15 is 0 Å². The number of thiazole rings is 1. The van der Waals surface area contributed by atoms with E-state index in [1.807, 2.05) is 0 Å². The van der Waals surface area contributed by atoms with Gasteiger partial charge in [0.15, 0.2) is 5.13 Å². The molecule has 2 amide bonds. The molecule has 11 nitrogen and oxygen atoms in total. The van der Waals surface area contributed by atoms with Gasteiger partial charge in [0, 0.05) is 37.8 Å². The summed E-state index contributed by atoms with van der Waals surface area (Å²) in [6, 6.07) is 9.21. The van der Waals surface area contributed by atoms with Gasteiger partial charge in [-0.05, 0) is 37.3 Å². The number of ether oxygens (including phenoxy) is 3. The molecule has 192 valence electrons. The molecule has 1 N–H and O–H groups in total. The number of rotatable bonds is 7. The lowest BCUT2D eigenvalue weighted by Crippen LogP contribution is -2.50. The van der Waals surface area contributed by atoms with Crippen molar-refractivity contribution in [1.82, 2.24) is 14.2 Å². The highest BCUT2D eigenvalue weighted by atomic mass is 32.2. The van der Waals surface area contributed by atoms with Gasteiger partial charge in [-0.3, -0.25) is 10.1 Å². The highest BCUT2D eigenvalue weighted by molar-refractivity contribution is 7.89. The molecule has 0 unspecified atom stereocenters. The first-order valence-corrected chi connectivity index (χ1v) is 13.4. The van der Waals surface area contributed by atoms with Crippen LogP contribution >= 0.6 is 11.3 Å². The Labute approximate surface area is 212 Å². The second-order valence-corrected chi connectivity index (χ2v) is 10.7. The number of nitrogens with one attached hydrogen (secondary N) is 1. The van der Waals surface area contributed by atoms with Crippen LogP contribution in [-0.4, -0.2) is 81.6 Å². The minimum absolute atomic E-state index is 0.0699. The van der Waals surface area contributed by atoms with Crippen molar-refractivity contribution >= 4 is 48.7 Å². The Kier molecular flexibility index (Phi) is 7.62. The van der Waals surface area contributed by atoms with E-state index in [2.05, 4.69) is 10.3 Å². The fraction of sp³-hybridized carbons (Fsp3) is 0.348. The first-order valence-electron chi connectivity index (χ1n) is 11.1. The summed E-state index contributed by atoms with van der Waals surface area (Å²) in [7, 11) is -0.687. The standard InChI is InChI=1S/C23H26N4O7S2/c1-4-34-23(29)26-9-11-27(12-10-26)36(30,31)17-7-5-15(6-8-17)21(28)25-22-24-20-18(33-3)13-16(32-2)14-19(20)35-22/h5-8,13-14H,4,9-12H2,1-3H3,(H,24,25,28). The maximum absolute atomic E-state index is 13.0. The molecule has 1 aliphatic rings. The van der Waals surface area contributed by atoms with Crippen LogP contribution in [0.1, 0.15) is 17.3 Å². The van der Waals surface area contributed by atoms with Crippen molar-refractivity contribution in [2.75, 3.05) is 52.3 Å². The van der Waals surface area contributed by atoms with Crippen molar-refractivity contribution < 1.29 is 32.2 Å². The Balaban J connectivity index is 1.44. The van der Waals surface area contributed by atoms with E-state index in [9.17, 15) is 18.0 Å². The molecule has 0 bridgehead atoms. The van der Waals surface area contributed by atoms with E-state index in [0.717, 1.165) is 4.70 Å². The number of hydrogen-bond donors (Lipinski definition) is 1.